The second-order valence-electron chi connectivity index (χ2n) is 8.32. The average molecular weight is 561 g/mol. The van der Waals surface area contributed by atoms with E-state index in [0.29, 0.717) is 38.8 Å². The van der Waals surface area contributed by atoms with E-state index in [0.717, 1.165) is 12.1 Å². The third-order valence-electron chi connectivity index (χ3n) is 5.28. The molecule has 0 atom stereocenters. The Bertz CT molecular complexity index is 1310. The van der Waals surface area contributed by atoms with Crippen LogP contribution in [0.5, 0.6) is 5.75 Å². The van der Waals surface area contributed by atoms with Gasteiger partial charge in [0, 0.05) is 5.56 Å². The van der Waals surface area contributed by atoms with Crippen molar-refractivity contribution in [3.63, 3.8) is 0 Å². The van der Waals surface area contributed by atoms with Crippen molar-refractivity contribution in [2.24, 2.45) is 5.16 Å². The highest BCUT2D eigenvalue weighted by molar-refractivity contribution is 7.17. The van der Waals surface area contributed by atoms with Crippen LogP contribution in [0, 0.1) is 6.92 Å². The lowest BCUT2D eigenvalue weighted by molar-refractivity contribution is -0.152. The molecule has 2 N–H and O–H groups in total. The van der Waals surface area contributed by atoms with Crippen molar-refractivity contribution < 1.29 is 33.0 Å². The molecule has 3 aromatic rings. The standard InChI is InChI=1S/C24H21Cl2F3N2O4S/c1-12-20(36-21(30-12)14-4-8-15(9-5-14)24(27,28)29)16(31-34)10-6-13-7-11-17(19(26)18(13)25)35-23(2,3)22(32)33/h4-5,7-9,11,34H,6,10H2,1-3H3,(H,32,33)/b31-16+. The second kappa shape index (κ2) is 10.7. The highest BCUT2D eigenvalue weighted by Crippen LogP contribution is 2.38. The van der Waals surface area contributed by atoms with Crippen LogP contribution >= 0.6 is 34.5 Å². The van der Waals surface area contributed by atoms with Gasteiger partial charge in [0.1, 0.15) is 15.8 Å². The second-order valence-corrected chi connectivity index (χ2v) is 10.1. The summed E-state index contributed by atoms with van der Waals surface area (Å²) in [6.45, 7) is 4.48. The first-order valence-corrected chi connectivity index (χ1v) is 12.1. The Hall–Kier alpha value is -2.82. The van der Waals surface area contributed by atoms with Gasteiger partial charge in [0.2, 0.25) is 0 Å². The van der Waals surface area contributed by atoms with Crippen molar-refractivity contribution in [2.45, 2.75) is 45.4 Å². The van der Waals surface area contributed by atoms with E-state index in [2.05, 4.69) is 10.1 Å². The van der Waals surface area contributed by atoms with Crippen molar-refractivity contribution >= 4 is 46.2 Å². The van der Waals surface area contributed by atoms with Gasteiger partial charge in [0.15, 0.2) is 5.60 Å². The molecule has 0 aliphatic rings. The predicted molar refractivity (Wildman–Crippen MR) is 133 cm³/mol. The fourth-order valence-corrected chi connectivity index (χ4v) is 4.77. The summed E-state index contributed by atoms with van der Waals surface area (Å²) in [6, 6.07) is 7.83. The largest absolute Gasteiger partial charge is 0.478 e. The summed E-state index contributed by atoms with van der Waals surface area (Å²) in [5, 5.41) is 23.0. The number of rotatable bonds is 8. The molecule has 2 aromatic carbocycles. The maximum absolute atomic E-state index is 12.8. The van der Waals surface area contributed by atoms with E-state index < -0.39 is 23.3 Å². The number of carboxylic acid groups (broad SMARTS) is 1. The van der Waals surface area contributed by atoms with Gasteiger partial charge in [-0.15, -0.1) is 11.3 Å². The Morgan fingerprint density at radius 2 is 1.75 bits per heavy atom. The number of halogens is 5. The van der Waals surface area contributed by atoms with Crippen LogP contribution in [0.1, 0.15) is 42.0 Å². The van der Waals surface area contributed by atoms with Crippen LogP contribution < -0.4 is 4.74 Å². The van der Waals surface area contributed by atoms with Crippen molar-refractivity contribution in [1.82, 2.24) is 4.98 Å². The number of ether oxygens (including phenoxy) is 1. The first kappa shape index (κ1) is 27.8. The number of carbonyl (C=O) groups is 1. The SMILES string of the molecule is Cc1nc(-c2ccc(C(F)(F)F)cc2)sc1/C(CCc1ccc(OC(C)(C)C(=O)O)c(Cl)c1Cl)=N/O. The summed E-state index contributed by atoms with van der Waals surface area (Å²) >= 11 is 13.9. The average Bonchev–Trinajstić information content (AvgIpc) is 3.19. The summed E-state index contributed by atoms with van der Waals surface area (Å²) in [4.78, 5) is 16.3. The zero-order chi connectivity index (χ0) is 26.8. The number of aliphatic carboxylic acids is 1. The molecule has 0 aliphatic heterocycles. The van der Waals surface area contributed by atoms with E-state index in [9.17, 15) is 28.3 Å². The van der Waals surface area contributed by atoms with Crippen LogP contribution in [-0.2, 0) is 17.4 Å². The fraction of sp³-hybridized carbons (Fsp3) is 0.292. The minimum atomic E-state index is -4.43. The highest BCUT2D eigenvalue weighted by Gasteiger charge is 2.31. The van der Waals surface area contributed by atoms with Gasteiger partial charge >= 0.3 is 12.1 Å². The summed E-state index contributed by atoms with van der Waals surface area (Å²) in [6.07, 6.45) is -3.85. The normalized spacial score (nSPS) is 12.6. The minimum absolute atomic E-state index is 0.0598. The summed E-state index contributed by atoms with van der Waals surface area (Å²) in [5.74, 6) is -1.05. The number of hydrogen-bond acceptors (Lipinski definition) is 6. The predicted octanol–water partition coefficient (Wildman–Crippen LogP) is 7.50. The number of oxime groups is 1. The van der Waals surface area contributed by atoms with Gasteiger partial charge < -0.3 is 15.1 Å². The zero-order valence-corrected chi connectivity index (χ0v) is 21.6. The fourth-order valence-electron chi connectivity index (χ4n) is 3.21. The van der Waals surface area contributed by atoms with Crippen molar-refractivity contribution in [3.8, 4) is 16.3 Å². The van der Waals surface area contributed by atoms with E-state index in [4.69, 9.17) is 27.9 Å². The first-order chi connectivity index (χ1) is 16.7. The van der Waals surface area contributed by atoms with Gasteiger partial charge in [0.25, 0.3) is 0 Å². The number of thiazole rings is 1. The molecule has 0 fully saturated rings. The molecule has 0 radical (unpaired) electrons. The molecule has 192 valence electrons. The molecule has 0 amide bonds. The lowest BCUT2D eigenvalue weighted by Crippen LogP contribution is -2.38. The van der Waals surface area contributed by atoms with Crippen molar-refractivity contribution in [1.29, 1.82) is 0 Å². The molecule has 1 aromatic heterocycles. The Kier molecular flexibility index (Phi) is 8.22. The van der Waals surface area contributed by atoms with Crippen molar-refractivity contribution in [3.05, 3.63) is 68.1 Å². The molecule has 0 spiro atoms. The van der Waals surface area contributed by atoms with Gasteiger partial charge in [0.05, 0.1) is 26.9 Å². The lowest BCUT2D eigenvalue weighted by atomic mass is 10.1. The minimum Gasteiger partial charge on any atom is -0.478 e. The van der Waals surface area contributed by atoms with E-state index in [1.807, 2.05) is 0 Å². The third kappa shape index (κ3) is 6.11. The molecule has 6 nitrogen and oxygen atoms in total. The molecule has 3 rings (SSSR count). The molecule has 0 aliphatic carbocycles. The summed E-state index contributed by atoms with van der Waals surface area (Å²) in [5.41, 5.74) is -0.257. The Morgan fingerprint density at radius 1 is 1.11 bits per heavy atom. The molecular formula is C24H21Cl2F3N2O4S. The molecule has 12 heteroatoms. The quantitative estimate of drug-likeness (QED) is 0.169. The van der Waals surface area contributed by atoms with Crippen LogP contribution in [0.2, 0.25) is 10.0 Å². The topological polar surface area (TPSA) is 92.0 Å². The maximum atomic E-state index is 12.8. The molecule has 0 bridgehead atoms. The Morgan fingerprint density at radius 3 is 2.31 bits per heavy atom. The number of alkyl halides is 3. The molecule has 1 heterocycles. The van der Waals surface area contributed by atoms with Gasteiger partial charge in [-0.05, 0) is 57.4 Å². The summed E-state index contributed by atoms with van der Waals surface area (Å²) in [7, 11) is 0. The van der Waals surface area contributed by atoms with Gasteiger partial charge in [-0.2, -0.15) is 13.2 Å². The molecule has 36 heavy (non-hydrogen) atoms. The molecule has 0 unspecified atom stereocenters. The summed E-state index contributed by atoms with van der Waals surface area (Å²) < 4.78 is 44.0. The van der Waals surface area contributed by atoms with E-state index in [-0.39, 0.29) is 22.2 Å². The smallest absolute Gasteiger partial charge is 0.416 e. The van der Waals surface area contributed by atoms with E-state index >= 15 is 0 Å². The maximum Gasteiger partial charge on any atom is 0.416 e. The van der Waals surface area contributed by atoms with E-state index in [1.54, 1.807) is 13.0 Å². The van der Waals surface area contributed by atoms with Crippen LogP contribution in [0.4, 0.5) is 13.2 Å². The molecule has 0 saturated heterocycles. The Labute approximate surface area is 219 Å². The van der Waals surface area contributed by atoms with Gasteiger partial charge in [-0.3, -0.25) is 0 Å². The van der Waals surface area contributed by atoms with Crippen LogP contribution in [0.25, 0.3) is 10.6 Å². The molecule has 0 saturated carbocycles. The number of benzene rings is 2. The monoisotopic (exact) mass is 560 g/mol. The highest BCUT2D eigenvalue weighted by atomic mass is 35.5. The number of aryl methyl sites for hydroxylation is 2. The van der Waals surface area contributed by atoms with Gasteiger partial charge in [-0.25, -0.2) is 9.78 Å². The van der Waals surface area contributed by atoms with Crippen LogP contribution in [0.3, 0.4) is 0 Å². The number of hydrogen-bond donors (Lipinski definition) is 2. The van der Waals surface area contributed by atoms with Crippen molar-refractivity contribution in [2.75, 3.05) is 0 Å². The third-order valence-corrected chi connectivity index (χ3v) is 7.44. The number of carboxylic acids is 1. The van der Waals surface area contributed by atoms with Crippen LogP contribution in [-0.4, -0.2) is 32.6 Å². The number of nitrogens with zero attached hydrogens (tertiary/aromatic N) is 2. The lowest BCUT2D eigenvalue weighted by Gasteiger charge is -2.23. The zero-order valence-electron chi connectivity index (χ0n) is 19.3. The number of aromatic nitrogens is 1. The van der Waals surface area contributed by atoms with E-state index in [1.165, 1.54) is 43.4 Å². The first-order valence-electron chi connectivity index (χ1n) is 10.5. The molecular weight excluding hydrogens is 540 g/mol. The van der Waals surface area contributed by atoms with Gasteiger partial charge in [-0.1, -0.05) is 46.6 Å². The Balaban J connectivity index is 1.78. The van der Waals surface area contributed by atoms with Crippen LogP contribution in [0.15, 0.2) is 41.6 Å².